The molecule has 3 aromatic rings. The molecular weight excluding hydrogens is 426 g/mol. The van der Waals surface area contributed by atoms with Crippen molar-refractivity contribution < 1.29 is 23.4 Å². The number of hydrogen-bond donors (Lipinski definition) is 3. The fourth-order valence-electron chi connectivity index (χ4n) is 3.57. The van der Waals surface area contributed by atoms with Crippen molar-refractivity contribution in [2.24, 2.45) is 0 Å². The third-order valence-corrected chi connectivity index (χ3v) is 7.05. The normalized spacial score (nSPS) is 20.6. The van der Waals surface area contributed by atoms with Crippen LogP contribution in [0.3, 0.4) is 0 Å². The van der Waals surface area contributed by atoms with Gasteiger partial charge in [-0.3, -0.25) is 4.79 Å². The Morgan fingerprint density at radius 1 is 1.00 bits per heavy atom. The Bertz CT molecular complexity index is 1210. The number of phenols is 1. The zero-order valence-electron chi connectivity index (χ0n) is 15.6. The Kier molecular flexibility index (Phi) is 5.05. The van der Waals surface area contributed by atoms with E-state index in [9.17, 15) is 23.4 Å². The number of aromatic hydroxyl groups is 1. The summed E-state index contributed by atoms with van der Waals surface area (Å²) in [7, 11) is -4.07. The number of rotatable bonds is 6. The number of aliphatic carboxylic acids is 1. The number of carboxylic acids is 1. The van der Waals surface area contributed by atoms with Crippen LogP contribution in [0.5, 0.6) is 5.75 Å². The molecule has 2 atom stereocenters. The lowest BCUT2D eigenvalue weighted by molar-refractivity contribution is -0.140. The lowest BCUT2D eigenvalue weighted by atomic mass is 10.1. The predicted octanol–water partition coefficient (Wildman–Crippen LogP) is 4.00. The first-order valence-corrected chi connectivity index (χ1v) is 11.0. The number of nitrogens with one attached hydrogen (secondary N) is 1. The number of halogens is 1. The van der Waals surface area contributed by atoms with Gasteiger partial charge in [-0.2, -0.15) is 4.72 Å². The van der Waals surface area contributed by atoms with Crippen molar-refractivity contribution in [3.05, 3.63) is 83.4 Å². The minimum Gasteiger partial charge on any atom is -0.508 e. The maximum Gasteiger partial charge on any atom is 0.325 e. The average molecular weight is 444 g/mol. The second-order valence-electron chi connectivity index (χ2n) is 7.26. The molecule has 3 N–H and O–H groups in total. The van der Waals surface area contributed by atoms with E-state index >= 15 is 0 Å². The van der Waals surface area contributed by atoms with Gasteiger partial charge in [0.05, 0.1) is 4.90 Å². The van der Waals surface area contributed by atoms with Crippen molar-refractivity contribution in [3.63, 3.8) is 0 Å². The van der Waals surface area contributed by atoms with Crippen LogP contribution in [-0.2, 0) is 14.8 Å². The standard InChI is InChI=1S/C22H18ClNO5S/c23-17-8-4-14(5-9-17)15-6-10-19(11-7-15)30(28,29)24-22(21(26)27)13-20(22)16-2-1-3-18(25)12-16/h1-12,20,24-25H,13H2,(H,26,27). The highest BCUT2D eigenvalue weighted by molar-refractivity contribution is 7.89. The van der Waals surface area contributed by atoms with Gasteiger partial charge in [-0.1, -0.05) is 48.0 Å². The van der Waals surface area contributed by atoms with E-state index in [1.807, 2.05) is 12.1 Å². The lowest BCUT2D eigenvalue weighted by Gasteiger charge is -2.16. The highest BCUT2D eigenvalue weighted by Gasteiger charge is 2.63. The number of phenolic OH excluding ortho intramolecular Hbond substituents is 1. The molecule has 1 saturated carbocycles. The van der Waals surface area contributed by atoms with Crippen molar-refractivity contribution in [2.75, 3.05) is 0 Å². The van der Waals surface area contributed by atoms with Crippen molar-refractivity contribution in [3.8, 4) is 16.9 Å². The molecule has 0 radical (unpaired) electrons. The number of carboxylic acid groups (broad SMARTS) is 1. The third kappa shape index (κ3) is 3.79. The van der Waals surface area contributed by atoms with E-state index in [-0.39, 0.29) is 17.1 Å². The molecule has 2 unspecified atom stereocenters. The summed E-state index contributed by atoms with van der Waals surface area (Å²) in [5, 5.41) is 20.0. The molecule has 154 valence electrons. The van der Waals surface area contributed by atoms with E-state index < -0.39 is 27.4 Å². The first-order chi connectivity index (χ1) is 14.2. The first kappa shape index (κ1) is 20.4. The summed E-state index contributed by atoms with van der Waals surface area (Å²) >= 11 is 5.89. The van der Waals surface area contributed by atoms with Gasteiger partial charge in [0.1, 0.15) is 11.3 Å². The Morgan fingerprint density at radius 3 is 2.17 bits per heavy atom. The van der Waals surface area contributed by atoms with Crippen LogP contribution in [0.4, 0.5) is 0 Å². The lowest BCUT2D eigenvalue weighted by Crippen LogP contribution is -2.44. The van der Waals surface area contributed by atoms with E-state index in [2.05, 4.69) is 4.72 Å². The smallest absolute Gasteiger partial charge is 0.325 e. The molecule has 0 aliphatic heterocycles. The number of benzene rings is 3. The minimum atomic E-state index is -4.07. The monoisotopic (exact) mass is 443 g/mol. The van der Waals surface area contributed by atoms with Gasteiger partial charge in [-0.05, 0) is 59.5 Å². The van der Waals surface area contributed by atoms with Gasteiger partial charge in [0, 0.05) is 10.9 Å². The topological polar surface area (TPSA) is 104 Å². The average Bonchev–Trinajstić information content (AvgIpc) is 3.44. The zero-order valence-corrected chi connectivity index (χ0v) is 17.2. The Labute approximate surface area is 178 Å². The van der Waals surface area contributed by atoms with Gasteiger partial charge in [0.25, 0.3) is 0 Å². The molecular formula is C22H18ClNO5S. The van der Waals surface area contributed by atoms with Gasteiger partial charge in [0.2, 0.25) is 10.0 Å². The molecule has 0 spiro atoms. The highest BCUT2D eigenvalue weighted by Crippen LogP contribution is 2.52. The maximum absolute atomic E-state index is 12.9. The minimum absolute atomic E-state index is 0.000617. The molecule has 0 aromatic heterocycles. The van der Waals surface area contributed by atoms with E-state index in [1.54, 1.807) is 36.4 Å². The van der Waals surface area contributed by atoms with Gasteiger partial charge in [0.15, 0.2) is 0 Å². The number of sulfonamides is 1. The zero-order chi connectivity index (χ0) is 21.5. The summed E-state index contributed by atoms with van der Waals surface area (Å²) in [5.74, 6) is -1.82. The van der Waals surface area contributed by atoms with E-state index in [4.69, 9.17) is 11.6 Å². The van der Waals surface area contributed by atoms with Gasteiger partial charge >= 0.3 is 5.97 Å². The van der Waals surface area contributed by atoms with E-state index in [0.29, 0.717) is 10.6 Å². The highest BCUT2D eigenvalue weighted by atomic mass is 35.5. The molecule has 4 rings (SSSR count). The van der Waals surface area contributed by atoms with Crippen LogP contribution in [0, 0.1) is 0 Å². The van der Waals surface area contributed by atoms with Crippen LogP contribution in [-0.4, -0.2) is 30.1 Å². The van der Waals surface area contributed by atoms with Crippen LogP contribution in [0.25, 0.3) is 11.1 Å². The molecule has 8 heteroatoms. The summed E-state index contributed by atoms with van der Waals surface area (Å²) in [4.78, 5) is 11.9. The quantitative estimate of drug-likeness (QED) is 0.534. The van der Waals surface area contributed by atoms with Crippen molar-refractivity contribution in [2.45, 2.75) is 22.8 Å². The number of carbonyl (C=O) groups is 1. The van der Waals surface area contributed by atoms with Crippen LogP contribution >= 0.6 is 11.6 Å². The first-order valence-electron chi connectivity index (χ1n) is 9.14. The fourth-order valence-corrected chi connectivity index (χ4v) is 5.10. The molecule has 1 aliphatic carbocycles. The second-order valence-corrected chi connectivity index (χ2v) is 9.38. The van der Waals surface area contributed by atoms with Crippen LogP contribution < -0.4 is 4.72 Å². The summed E-state index contributed by atoms with van der Waals surface area (Å²) in [6.07, 6.45) is 0.105. The van der Waals surface area contributed by atoms with E-state index in [1.165, 1.54) is 24.3 Å². The fraction of sp³-hybridized carbons (Fsp3) is 0.136. The molecule has 0 saturated heterocycles. The molecule has 0 amide bonds. The Morgan fingerprint density at radius 2 is 1.60 bits per heavy atom. The Hall–Kier alpha value is -2.87. The van der Waals surface area contributed by atoms with Gasteiger partial charge in [-0.15, -0.1) is 0 Å². The number of hydrogen-bond acceptors (Lipinski definition) is 4. The van der Waals surface area contributed by atoms with Crippen molar-refractivity contribution >= 4 is 27.6 Å². The largest absolute Gasteiger partial charge is 0.508 e. The maximum atomic E-state index is 12.9. The third-order valence-electron chi connectivity index (χ3n) is 5.27. The predicted molar refractivity (Wildman–Crippen MR) is 113 cm³/mol. The summed E-state index contributed by atoms with van der Waals surface area (Å²) in [5.41, 5.74) is 0.617. The van der Waals surface area contributed by atoms with Gasteiger partial charge < -0.3 is 10.2 Å². The molecule has 6 nitrogen and oxygen atoms in total. The van der Waals surface area contributed by atoms with Crippen LogP contribution in [0.1, 0.15) is 17.9 Å². The SMILES string of the molecule is O=C(O)C1(NS(=O)(=O)c2ccc(-c3ccc(Cl)cc3)cc2)CC1c1cccc(O)c1. The second kappa shape index (κ2) is 7.43. The molecule has 3 aromatic carbocycles. The van der Waals surface area contributed by atoms with Gasteiger partial charge in [-0.25, -0.2) is 8.42 Å². The molecule has 1 fully saturated rings. The summed E-state index contributed by atoms with van der Waals surface area (Å²) < 4.78 is 28.1. The Balaban J connectivity index is 1.58. The molecule has 0 heterocycles. The van der Waals surface area contributed by atoms with Crippen LogP contribution in [0.2, 0.25) is 5.02 Å². The summed E-state index contributed by atoms with van der Waals surface area (Å²) in [6, 6.07) is 19.5. The molecule has 0 bridgehead atoms. The summed E-state index contributed by atoms with van der Waals surface area (Å²) in [6.45, 7) is 0. The van der Waals surface area contributed by atoms with Crippen molar-refractivity contribution in [1.82, 2.24) is 4.72 Å². The molecule has 30 heavy (non-hydrogen) atoms. The van der Waals surface area contributed by atoms with E-state index in [0.717, 1.165) is 11.1 Å². The van der Waals surface area contributed by atoms with Crippen LogP contribution in [0.15, 0.2) is 77.7 Å². The molecule has 1 aliphatic rings. The van der Waals surface area contributed by atoms with Crippen molar-refractivity contribution in [1.29, 1.82) is 0 Å².